The van der Waals surface area contributed by atoms with Crippen molar-refractivity contribution < 1.29 is 13.9 Å². The van der Waals surface area contributed by atoms with E-state index in [0.717, 1.165) is 128 Å². The highest BCUT2D eigenvalue weighted by Gasteiger charge is 2.57. The number of rotatable bonds is 10. The molecule has 0 amide bonds. The molecular formula is C43H55ClFN5O2. The van der Waals surface area contributed by atoms with Crippen LogP contribution < -0.4 is 15.0 Å². The third-order valence-corrected chi connectivity index (χ3v) is 12.0. The number of halogens is 2. The van der Waals surface area contributed by atoms with Crippen molar-refractivity contribution in [1.29, 1.82) is 0 Å². The van der Waals surface area contributed by atoms with Gasteiger partial charge in [-0.05, 0) is 109 Å². The molecule has 0 bridgehead atoms. The van der Waals surface area contributed by atoms with Crippen LogP contribution in [0.5, 0.6) is 6.01 Å². The van der Waals surface area contributed by atoms with E-state index in [1.807, 2.05) is 19.2 Å². The summed E-state index contributed by atoms with van der Waals surface area (Å²) in [5.41, 5.74) is 10.8. The minimum atomic E-state index is -0.224. The van der Waals surface area contributed by atoms with Crippen LogP contribution in [0.3, 0.4) is 0 Å². The normalized spacial score (nSPS) is 24.2. The molecule has 3 aliphatic carbocycles. The largest absolute Gasteiger partial charge is 0.467 e. The lowest BCUT2D eigenvalue weighted by molar-refractivity contribution is 0.129. The molecule has 9 heteroatoms. The van der Waals surface area contributed by atoms with Gasteiger partial charge in [0.05, 0.1) is 32.3 Å². The Labute approximate surface area is 314 Å². The average Bonchev–Trinajstić information content (AvgIpc) is 4.05. The third kappa shape index (κ3) is 6.87. The van der Waals surface area contributed by atoms with E-state index in [0.29, 0.717) is 30.5 Å². The van der Waals surface area contributed by atoms with Crippen molar-refractivity contribution in [2.24, 2.45) is 5.92 Å². The van der Waals surface area contributed by atoms with Gasteiger partial charge in [0.15, 0.2) is 0 Å². The molecule has 2 aromatic rings. The summed E-state index contributed by atoms with van der Waals surface area (Å²) in [5, 5.41) is 4.16. The lowest BCUT2D eigenvalue weighted by Crippen LogP contribution is -2.31. The van der Waals surface area contributed by atoms with Gasteiger partial charge in [-0.1, -0.05) is 63.3 Å². The predicted octanol–water partition coefficient (Wildman–Crippen LogP) is 9.75. The van der Waals surface area contributed by atoms with Gasteiger partial charge in [0.1, 0.15) is 5.82 Å². The zero-order valence-electron chi connectivity index (χ0n) is 31.5. The Hall–Kier alpha value is -3.46. The van der Waals surface area contributed by atoms with Crippen LogP contribution in [-0.4, -0.2) is 74.5 Å². The average molecular weight is 728 g/mol. The Morgan fingerprint density at radius 1 is 1.23 bits per heavy atom. The van der Waals surface area contributed by atoms with E-state index in [1.165, 1.54) is 36.1 Å². The highest BCUT2D eigenvalue weighted by molar-refractivity contribution is 6.32. The predicted molar refractivity (Wildman–Crippen MR) is 213 cm³/mol. The second-order valence-electron chi connectivity index (χ2n) is 15.5. The third-order valence-electron chi connectivity index (χ3n) is 11.7. The monoisotopic (exact) mass is 727 g/mol. The van der Waals surface area contributed by atoms with Gasteiger partial charge in [0.25, 0.3) is 0 Å². The van der Waals surface area contributed by atoms with Crippen LogP contribution in [-0.2, 0) is 10.2 Å². The summed E-state index contributed by atoms with van der Waals surface area (Å²) < 4.78 is 23.7. The Balaban J connectivity index is 0.000000360. The second-order valence-corrected chi connectivity index (χ2v) is 15.9. The molecule has 2 unspecified atom stereocenters. The Bertz CT molecular complexity index is 1790. The fourth-order valence-corrected chi connectivity index (χ4v) is 9.34. The molecule has 3 aliphatic heterocycles. The Morgan fingerprint density at radius 3 is 2.69 bits per heavy atom. The van der Waals surface area contributed by atoms with Crippen LogP contribution in [0.2, 0.25) is 5.02 Å². The van der Waals surface area contributed by atoms with Gasteiger partial charge in [-0.15, -0.1) is 0 Å². The zero-order chi connectivity index (χ0) is 36.6. The second kappa shape index (κ2) is 15.5. The van der Waals surface area contributed by atoms with Crippen molar-refractivity contribution in [3.8, 4) is 6.01 Å². The molecule has 1 aromatic heterocycles. The van der Waals surface area contributed by atoms with Crippen LogP contribution in [0, 0.1) is 5.92 Å². The van der Waals surface area contributed by atoms with Crippen LogP contribution in [0.25, 0.3) is 17.2 Å². The van der Waals surface area contributed by atoms with E-state index in [4.69, 9.17) is 37.6 Å². The minimum absolute atomic E-state index is 0.224. The molecule has 5 fully saturated rings. The number of hydrogen-bond donors (Lipinski definition) is 1. The number of nitrogens with one attached hydrogen (secondary N) is 1. The molecule has 2 atom stereocenters. The van der Waals surface area contributed by atoms with Crippen LogP contribution >= 0.6 is 11.6 Å². The highest BCUT2D eigenvalue weighted by atomic mass is 35.5. The van der Waals surface area contributed by atoms with Gasteiger partial charge >= 0.3 is 6.01 Å². The lowest BCUT2D eigenvalue weighted by Gasteiger charge is -2.26. The summed E-state index contributed by atoms with van der Waals surface area (Å²) in [7, 11) is 3.60. The lowest BCUT2D eigenvalue weighted by atomic mass is 9.81. The number of nitrogens with zero attached hydrogens (tertiary/aromatic N) is 4. The molecule has 6 aliphatic rings. The van der Waals surface area contributed by atoms with Crippen LogP contribution in [0.4, 0.5) is 15.9 Å². The molecule has 8 rings (SSSR count). The van der Waals surface area contributed by atoms with Gasteiger partial charge in [0, 0.05) is 60.0 Å². The molecule has 52 heavy (non-hydrogen) atoms. The summed E-state index contributed by atoms with van der Waals surface area (Å²) in [5.74, 6) is 1.77. The summed E-state index contributed by atoms with van der Waals surface area (Å²) >= 11 is 7.04. The van der Waals surface area contributed by atoms with E-state index in [2.05, 4.69) is 47.7 Å². The van der Waals surface area contributed by atoms with Gasteiger partial charge in [-0.25, -0.2) is 4.39 Å². The van der Waals surface area contributed by atoms with Crippen molar-refractivity contribution in [3.63, 3.8) is 0 Å². The smallest absolute Gasteiger partial charge is 0.318 e. The molecule has 0 radical (unpaired) electrons. The summed E-state index contributed by atoms with van der Waals surface area (Å²) in [6, 6.07) is 3.15. The van der Waals surface area contributed by atoms with Gasteiger partial charge in [-0.2, -0.15) is 9.97 Å². The van der Waals surface area contributed by atoms with E-state index < -0.39 is 0 Å². The first-order chi connectivity index (χ1) is 25.3. The molecular weight excluding hydrogens is 673 g/mol. The van der Waals surface area contributed by atoms with Gasteiger partial charge in [-0.3, -0.25) is 4.90 Å². The number of ether oxygens (including phenoxy) is 2. The molecule has 2 saturated carbocycles. The zero-order valence-corrected chi connectivity index (χ0v) is 32.3. The fraction of sp³-hybridized carbons (Fsp3) is 0.535. The maximum atomic E-state index is 12.0. The number of hydrogen-bond acceptors (Lipinski definition) is 7. The molecule has 1 N–H and O–H groups in total. The maximum absolute atomic E-state index is 12.0. The quantitative estimate of drug-likeness (QED) is 0.262. The van der Waals surface area contributed by atoms with E-state index in [9.17, 15) is 4.39 Å². The van der Waals surface area contributed by atoms with Crippen molar-refractivity contribution >= 4 is 40.3 Å². The number of aromatic nitrogens is 2. The maximum Gasteiger partial charge on any atom is 0.318 e. The molecule has 278 valence electrons. The van der Waals surface area contributed by atoms with Crippen molar-refractivity contribution in [1.82, 2.24) is 14.9 Å². The molecule has 1 aromatic carbocycles. The van der Waals surface area contributed by atoms with E-state index in [-0.39, 0.29) is 5.41 Å². The first-order valence-electron chi connectivity index (χ1n) is 19.4. The number of allylic oxidation sites excluding steroid dienone is 5. The Morgan fingerprint density at radius 2 is 2.04 bits per heavy atom. The fourth-order valence-electron chi connectivity index (χ4n) is 8.98. The van der Waals surface area contributed by atoms with Gasteiger partial charge in [0.2, 0.25) is 0 Å². The SMILES string of the molecule is C=Cc1c(NC)cc(Cl)c(C2CC2)c1C(=C)C1=C(/C=C\CCC)c2c(N3CCOCC(C)C3)nc(OC)nc2C12CC2.F/C=C1/CC2CCCN2C1. The number of fused-ring (bicyclic) bond motifs is 3. The van der Waals surface area contributed by atoms with E-state index >= 15 is 0 Å². The molecule has 7 nitrogen and oxygen atoms in total. The number of benzene rings is 1. The topological polar surface area (TPSA) is 62.8 Å². The first kappa shape index (κ1) is 36.9. The molecule has 1 spiro atoms. The molecule has 4 heterocycles. The minimum Gasteiger partial charge on any atom is -0.467 e. The highest BCUT2D eigenvalue weighted by Crippen LogP contribution is 2.66. The standard InChI is InChI=1S/C35H43ClN4O2.C8H12FN/c1-7-9-10-11-25-30-32(38-34(41-6)39-33(30)40-16-17-42-20-21(3)19-40)35(14-15-35)31(25)22(4)28-24(8-2)27(37-5)18-26(36)29(28)23-12-13-23;9-5-7-4-8-2-1-3-10(8)6-7/h8,10-11,18,21,23,37H,2,4,7,9,12-17,19-20H2,1,3,5-6H3;5,8H,1-4,6H2/b11-10-;7-5-. The summed E-state index contributed by atoms with van der Waals surface area (Å²) in [4.78, 5) is 14.9. The van der Waals surface area contributed by atoms with Crippen LogP contribution in [0.15, 0.2) is 48.9 Å². The van der Waals surface area contributed by atoms with Gasteiger partial charge < -0.3 is 19.7 Å². The van der Waals surface area contributed by atoms with Crippen molar-refractivity contribution in [3.05, 3.63) is 81.8 Å². The van der Waals surface area contributed by atoms with Crippen molar-refractivity contribution in [2.45, 2.75) is 89.0 Å². The molecule has 3 saturated heterocycles. The summed E-state index contributed by atoms with van der Waals surface area (Å²) in [6.07, 6.45) is 17.3. The summed E-state index contributed by atoms with van der Waals surface area (Å²) in [6.45, 7) is 18.7. The Kier molecular flexibility index (Phi) is 11.0. The van der Waals surface area contributed by atoms with Crippen LogP contribution in [0.1, 0.15) is 106 Å². The number of unbranched alkanes of at least 4 members (excludes halogenated alkanes) is 1. The van der Waals surface area contributed by atoms with Crippen molar-refractivity contribution in [2.75, 3.05) is 63.8 Å². The number of methoxy groups -OCH3 is 1. The number of anilines is 2. The first-order valence-corrected chi connectivity index (χ1v) is 19.7. The van der Waals surface area contributed by atoms with E-state index in [1.54, 1.807) is 7.11 Å².